The number of carbonyl (C=O) groups excluding carboxylic acids is 1. The summed E-state index contributed by atoms with van der Waals surface area (Å²) in [7, 11) is 0. The molecule has 4 aliphatic rings. The van der Waals surface area contributed by atoms with Crippen LogP contribution >= 0.6 is 0 Å². The molecule has 5 rings (SSSR count). The first kappa shape index (κ1) is 20.3. The maximum absolute atomic E-state index is 13.2. The summed E-state index contributed by atoms with van der Waals surface area (Å²) in [4.78, 5) is 13.2. The first-order chi connectivity index (χ1) is 14.6. The second kappa shape index (κ2) is 8.48. The van der Waals surface area contributed by atoms with Crippen molar-refractivity contribution in [3.05, 3.63) is 29.3 Å². The van der Waals surface area contributed by atoms with Gasteiger partial charge in [0, 0.05) is 36.7 Å². The maximum Gasteiger partial charge on any atom is 0.243 e. The molecule has 0 spiro atoms. The summed E-state index contributed by atoms with van der Waals surface area (Å²) in [5.41, 5.74) is 3.64. The van der Waals surface area contributed by atoms with Crippen LogP contribution in [0.25, 0.3) is 0 Å². The van der Waals surface area contributed by atoms with Gasteiger partial charge in [0.25, 0.3) is 0 Å². The van der Waals surface area contributed by atoms with Gasteiger partial charge in [0.05, 0.1) is 6.17 Å². The third-order valence-electron chi connectivity index (χ3n) is 7.70. The molecule has 0 radical (unpaired) electrons. The van der Waals surface area contributed by atoms with Crippen molar-refractivity contribution in [3.8, 4) is 0 Å². The van der Waals surface area contributed by atoms with Gasteiger partial charge in [0.2, 0.25) is 5.91 Å². The van der Waals surface area contributed by atoms with E-state index in [1.165, 1.54) is 36.8 Å². The van der Waals surface area contributed by atoms with E-state index < -0.39 is 0 Å². The van der Waals surface area contributed by atoms with Crippen LogP contribution in [-0.2, 0) is 11.2 Å². The maximum atomic E-state index is 13.2. The van der Waals surface area contributed by atoms with E-state index in [1.807, 2.05) is 0 Å². The summed E-state index contributed by atoms with van der Waals surface area (Å²) in [6.07, 6.45) is 6.10. The van der Waals surface area contributed by atoms with Crippen molar-refractivity contribution in [2.75, 3.05) is 25.0 Å². The predicted molar refractivity (Wildman–Crippen MR) is 120 cm³/mol. The van der Waals surface area contributed by atoms with Crippen LogP contribution in [0, 0.1) is 24.7 Å². The summed E-state index contributed by atoms with van der Waals surface area (Å²) in [5, 5.41) is 18.1. The molecule has 1 saturated carbocycles. The molecule has 5 N–H and O–H groups in total. The monoisotopic (exact) mass is 411 g/mol. The van der Waals surface area contributed by atoms with Crippen LogP contribution in [0.15, 0.2) is 18.2 Å². The number of anilines is 1. The van der Waals surface area contributed by atoms with Crippen molar-refractivity contribution >= 4 is 11.6 Å². The van der Waals surface area contributed by atoms with Crippen LogP contribution in [0.2, 0.25) is 0 Å². The Labute approximate surface area is 180 Å². The molecule has 6 heteroatoms. The highest BCUT2D eigenvalue weighted by Gasteiger charge is 2.44. The fourth-order valence-corrected chi connectivity index (χ4v) is 5.87. The molecule has 164 valence electrons. The van der Waals surface area contributed by atoms with Gasteiger partial charge in [0.1, 0.15) is 6.04 Å². The third-order valence-corrected chi connectivity index (χ3v) is 7.70. The topological polar surface area (TPSA) is 77.2 Å². The molecular weight excluding hydrogens is 374 g/mol. The number of benzene rings is 1. The lowest BCUT2D eigenvalue weighted by atomic mass is 9.79. The van der Waals surface area contributed by atoms with Crippen LogP contribution in [0.3, 0.4) is 0 Å². The third kappa shape index (κ3) is 4.10. The minimum absolute atomic E-state index is 0.148. The first-order valence-corrected chi connectivity index (χ1v) is 12.0. The fourth-order valence-electron chi connectivity index (χ4n) is 5.87. The lowest BCUT2D eigenvalue weighted by Crippen LogP contribution is -2.63. The van der Waals surface area contributed by atoms with E-state index in [4.69, 9.17) is 0 Å². The molecule has 1 aliphatic carbocycles. The van der Waals surface area contributed by atoms with E-state index in [1.54, 1.807) is 0 Å². The summed E-state index contributed by atoms with van der Waals surface area (Å²) < 4.78 is 0. The normalized spacial score (nSPS) is 32.9. The molecule has 5 unspecified atom stereocenters. The molecule has 2 saturated heterocycles. The van der Waals surface area contributed by atoms with Crippen LogP contribution in [0.1, 0.15) is 43.7 Å². The molecule has 1 aromatic carbocycles. The number of para-hydroxylation sites is 1. The molecular formula is C24H37N5O. The quantitative estimate of drug-likeness (QED) is 0.510. The fraction of sp³-hybridized carbons (Fsp3) is 0.708. The summed E-state index contributed by atoms with van der Waals surface area (Å²) in [6.45, 7) is 7.72. The Morgan fingerprint density at radius 1 is 1.17 bits per heavy atom. The smallest absolute Gasteiger partial charge is 0.243 e. The lowest BCUT2D eigenvalue weighted by Gasteiger charge is -2.44. The Kier molecular flexibility index (Phi) is 5.73. The highest BCUT2D eigenvalue weighted by Crippen LogP contribution is 2.38. The van der Waals surface area contributed by atoms with Gasteiger partial charge in [-0.05, 0) is 68.7 Å². The molecule has 0 bridgehead atoms. The Balaban J connectivity index is 1.21. The van der Waals surface area contributed by atoms with E-state index in [-0.39, 0.29) is 18.0 Å². The second-order valence-corrected chi connectivity index (χ2v) is 10.0. The largest absolute Gasteiger partial charge is 0.373 e. The number of nitrogens with one attached hydrogen (secondary N) is 5. The van der Waals surface area contributed by atoms with Gasteiger partial charge in [-0.25, -0.2) is 0 Å². The molecule has 3 aliphatic heterocycles. The Bertz CT molecular complexity index is 773. The van der Waals surface area contributed by atoms with Crippen molar-refractivity contribution in [2.45, 2.75) is 70.2 Å². The summed E-state index contributed by atoms with van der Waals surface area (Å²) in [6, 6.07) is 6.80. The Morgan fingerprint density at radius 2 is 1.97 bits per heavy atom. The lowest BCUT2D eigenvalue weighted by molar-refractivity contribution is -0.123. The number of hydrogen-bond acceptors (Lipinski definition) is 5. The Morgan fingerprint density at radius 3 is 2.67 bits per heavy atom. The van der Waals surface area contributed by atoms with Crippen molar-refractivity contribution in [1.82, 2.24) is 21.3 Å². The van der Waals surface area contributed by atoms with E-state index in [2.05, 4.69) is 58.6 Å². The average molecular weight is 412 g/mol. The number of carbonyl (C=O) groups is 1. The second-order valence-electron chi connectivity index (χ2n) is 10.0. The van der Waals surface area contributed by atoms with Crippen molar-refractivity contribution in [3.63, 3.8) is 0 Å². The predicted octanol–water partition coefficient (Wildman–Crippen LogP) is 1.75. The number of rotatable bonds is 5. The van der Waals surface area contributed by atoms with Crippen molar-refractivity contribution in [1.29, 1.82) is 0 Å². The number of aryl methyl sites for hydroxylation is 1. The van der Waals surface area contributed by atoms with Crippen molar-refractivity contribution in [2.24, 2.45) is 17.8 Å². The van der Waals surface area contributed by atoms with Crippen LogP contribution in [0.4, 0.5) is 5.69 Å². The zero-order chi connectivity index (χ0) is 20.7. The summed E-state index contributed by atoms with van der Waals surface area (Å²) in [5.74, 6) is 1.95. The minimum atomic E-state index is -0.148. The molecule has 1 aromatic rings. The molecule has 1 amide bonds. The summed E-state index contributed by atoms with van der Waals surface area (Å²) >= 11 is 0. The van der Waals surface area contributed by atoms with E-state index in [0.717, 1.165) is 31.7 Å². The average Bonchev–Trinajstić information content (AvgIpc) is 3.50. The highest BCUT2D eigenvalue weighted by atomic mass is 16.2. The van der Waals surface area contributed by atoms with Gasteiger partial charge in [-0.3, -0.25) is 4.79 Å². The van der Waals surface area contributed by atoms with E-state index in [9.17, 15) is 4.79 Å². The zero-order valence-electron chi connectivity index (χ0n) is 18.3. The Hall–Kier alpha value is -1.63. The minimum Gasteiger partial charge on any atom is -0.373 e. The standard InChI is InChI=1S/C24H37N5O/c1-14-5-3-6-17-12-19(28-20(14)17)24(30)29-22(16-7-8-16)21-15(2)11-18(13-27-21)23-25-9-4-10-26-23/h3,5-6,15-16,18-19,21-23,25-28H,4,7-13H2,1-2H3,(H,29,30). The van der Waals surface area contributed by atoms with Crippen LogP contribution in [0.5, 0.6) is 0 Å². The molecule has 3 heterocycles. The van der Waals surface area contributed by atoms with Gasteiger partial charge in [0.15, 0.2) is 0 Å². The SMILES string of the molecule is Cc1cccc2c1NC(C(=O)NC(C1CC1)C1NCC(C3NCCCN3)CC1C)C2. The number of hydrogen-bond donors (Lipinski definition) is 5. The molecule has 0 aromatic heterocycles. The number of amides is 1. The molecule has 3 fully saturated rings. The van der Waals surface area contributed by atoms with Gasteiger partial charge < -0.3 is 26.6 Å². The van der Waals surface area contributed by atoms with Gasteiger partial charge in [-0.15, -0.1) is 0 Å². The zero-order valence-corrected chi connectivity index (χ0v) is 18.3. The van der Waals surface area contributed by atoms with Gasteiger partial charge in [-0.1, -0.05) is 25.1 Å². The van der Waals surface area contributed by atoms with Crippen LogP contribution in [-0.4, -0.2) is 49.8 Å². The number of fused-ring (bicyclic) bond motifs is 1. The first-order valence-electron chi connectivity index (χ1n) is 12.0. The van der Waals surface area contributed by atoms with Gasteiger partial charge >= 0.3 is 0 Å². The molecule has 30 heavy (non-hydrogen) atoms. The van der Waals surface area contributed by atoms with Crippen molar-refractivity contribution < 1.29 is 4.79 Å². The van der Waals surface area contributed by atoms with E-state index >= 15 is 0 Å². The van der Waals surface area contributed by atoms with Gasteiger partial charge in [-0.2, -0.15) is 0 Å². The molecule has 5 atom stereocenters. The number of piperidine rings is 1. The molecule has 6 nitrogen and oxygen atoms in total. The van der Waals surface area contributed by atoms with Crippen LogP contribution < -0.4 is 26.6 Å². The van der Waals surface area contributed by atoms with E-state index in [0.29, 0.717) is 30.0 Å². The highest BCUT2D eigenvalue weighted by molar-refractivity contribution is 5.88.